The fourth-order valence-electron chi connectivity index (χ4n) is 6.34. The predicted octanol–water partition coefficient (Wildman–Crippen LogP) is 6.56. The molecule has 0 radical (unpaired) electrons. The Morgan fingerprint density at radius 1 is 0.933 bits per heavy atom. The van der Waals surface area contributed by atoms with Gasteiger partial charge in [0, 0.05) is 53.6 Å². The maximum Gasteiger partial charge on any atom is 0.337 e. The second-order valence-corrected chi connectivity index (χ2v) is 12.3. The van der Waals surface area contributed by atoms with Crippen molar-refractivity contribution in [2.24, 2.45) is 5.73 Å². The topological polar surface area (TPSA) is 112 Å². The third kappa shape index (κ3) is 5.89. The lowest BCUT2D eigenvalue weighted by atomic mass is 9.88. The standard InChI is InChI=1S/C37H33FN4O3/c38-28-16-26(15-27(17-28)35(43)42(21-23-7-3-1-4-8-23)22-24-9-5-2-6-10-24)31-18-30-25(20-40-31)11-12-29-33(36(44)45)32(41-34(29)30)19-37(39)13-14-37/h1-10,15-18,20,41H,11-14,19,21-22,39H2,(H,44,45). The minimum atomic E-state index is -0.965. The number of carboxylic acid groups (broad SMARTS) is 1. The molecule has 226 valence electrons. The number of amides is 1. The van der Waals surface area contributed by atoms with Crippen LogP contribution < -0.4 is 5.73 Å². The minimum absolute atomic E-state index is 0.227. The van der Waals surface area contributed by atoms with Gasteiger partial charge < -0.3 is 20.7 Å². The summed E-state index contributed by atoms with van der Waals surface area (Å²) < 4.78 is 15.2. The highest BCUT2D eigenvalue weighted by Crippen LogP contribution is 2.41. The number of aromatic carboxylic acids is 1. The molecule has 7 rings (SSSR count). The van der Waals surface area contributed by atoms with E-state index in [2.05, 4.69) is 9.97 Å². The average Bonchev–Trinajstić information content (AvgIpc) is 3.65. The highest BCUT2D eigenvalue weighted by atomic mass is 19.1. The summed E-state index contributed by atoms with van der Waals surface area (Å²) in [5, 5.41) is 10.1. The zero-order valence-corrected chi connectivity index (χ0v) is 24.7. The number of fused-ring (bicyclic) bond motifs is 3. The molecule has 0 atom stereocenters. The molecule has 0 aliphatic heterocycles. The lowest BCUT2D eigenvalue weighted by Crippen LogP contribution is -2.30. The average molecular weight is 601 g/mol. The van der Waals surface area contributed by atoms with E-state index in [4.69, 9.17) is 5.73 Å². The lowest BCUT2D eigenvalue weighted by Gasteiger charge is -2.24. The van der Waals surface area contributed by atoms with E-state index in [1.165, 1.54) is 12.1 Å². The Hall–Kier alpha value is -5.08. The molecule has 2 heterocycles. The Bertz CT molecular complexity index is 1870. The zero-order chi connectivity index (χ0) is 31.1. The van der Waals surface area contributed by atoms with Gasteiger partial charge in [0.1, 0.15) is 5.82 Å². The maximum atomic E-state index is 15.2. The molecule has 2 aliphatic rings. The van der Waals surface area contributed by atoms with Gasteiger partial charge in [0.2, 0.25) is 0 Å². The van der Waals surface area contributed by atoms with Crippen molar-refractivity contribution >= 4 is 11.9 Å². The summed E-state index contributed by atoms with van der Waals surface area (Å²) in [6, 6.07) is 25.6. The number of rotatable bonds is 9. The van der Waals surface area contributed by atoms with Crippen LogP contribution in [0.2, 0.25) is 0 Å². The second-order valence-electron chi connectivity index (χ2n) is 12.3. The molecule has 7 nitrogen and oxygen atoms in total. The molecule has 2 aliphatic carbocycles. The monoisotopic (exact) mass is 600 g/mol. The van der Waals surface area contributed by atoms with Gasteiger partial charge in [0.05, 0.1) is 17.0 Å². The number of halogens is 1. The van der Waals surface area contributed by atoms with E-state index in [1.54, 1.807) is 17.2 Å². The lowest BCUT2D eigenvalue weighted by molar-refractivity contribution is 0.0692. The number of benzene rings is 3. The Balaban J connectivity index is 1.24. The number of H-pyrrole nitrogens is 1. The van der Waals surface area contributed by atoms with E-state index in [0.29, 0.717) is 54.9 Å². The van der Waals surface area contributed by atoms with Crippen LogP contribution in [0.15, 0.2) is 91.1 Å². The van der Waals surface area contributed by atoms with Crippen LogP contribution in [-0.4, -0.2) is 37.4 Å². The molecule has 1 saturated carbocycles. The highest BCUT2D eigenvalue weighted by Gasteiger charge is 2.40. The number of carbonyl (C=O) groups is 2. The number of aryl methyl sites for hydroxylation is 1. The molecule has 0 saturated heterocycles. The first-order valence-electron chi connectivity index (χ1n) is 15.2. The number of aromatic amines is 1. The van der Waals surface area contributed by atoms with Crippen molar-refractivity contribution in [2.45, 2.75) is 50.7 Å². The van der Waals surface area contributed by atoms with Crippen molar-refractivity contribution in [3.8, 4) is 22.5 Å². The van der Waals surface area contributed by atoms with Gasteiger partial charge in [-0.25, -0.2) is 9.18 Å². The third-order valence-electron chi connectivity index (χ3n) is 8.88. The Labute approximate surface area is 260 Å². The molecule has 0 bridgehead atoms. The van der Waals surface area contributed by atoms with Crippen molar-refractivity contribution in [3.63, 3.8) is 0 Å². The van der Waals surface area contributed by atoms with Gasteiger partial charge in [-0.2, -0.15) is 0 Å². The third-order valence-corrected chi connectivity index (χ3v) is 8.88. The first-order valence-corrected chi connectivity index (χ1v) is 15.2. The first-order chi connectivity index (χ1) is 21.8. The molecule has 1 fully saturated rings. The van der Waals surface area contributed by atoms with Crippen LogP contribution >= 0.6 is 0 Å². The minimum Gasteiger partial charge on any atom is -0.478 e. The Morgan fingerprint density at radius 3 is 2.22 bits per heavy atom. The normalized spacial score (nSPS) is 14.4. The summed E-state index contributed by atoms with van der Waals surface area (Å²) in [4.78, 5) is 36.1. The fourth-order valence-corrected chi connectivity index (χ4v) is 6.34. The summed E-state index contributed by atoms with van der Waals surface area (Å²) >= 11 is 0. The molecule has 4 N–H and O–H groups in total. The maximum absolute atomic E-state index is 15.2. The summed E-state index contributed by atoms with van der Waals surface area (Å²) in [5.74, 6) is -1.80. The van der Waals surface area contributed by atoms with Gasteiger partial charge in [0.15, 0.2) is 0 Å². The largest absolute Gasteiger partial charge is 0.478 e. The molecular formula is C37H33FN4O3. The van der Waals surface area contributed by atoms with Gasteiger partial charge in [-0.1, -0.05) is 60.7 Å². The number of nitrogens with zero attached hydrogens (tertiary/aromatic N) is 2. The van der Waals surface area contributed by atoms with Gasteiger partial charge in [-0.15, -0.1) is 0 Å². The Morgan fingerprint density at radius 2 is 1.60 bits per heavy atom. The number of nitrogens with one attached hydrogen (secondary N) is 1. The van der Waals surface area contributed by atoms with E-state index in [1.807, 2.05) is 66.7 Å². The summed E-state index contributed by atoms with van der Waals surface area (Å²) in [7, 11) is 0. The number of hydrogen-bond donors (Lipinski definition) is 3. The first kappa shape index (κ1) is 28.7. The van der Waals surface area contributed by atoms with Crippen molar-refractivity contribution in [3.05, 3.63) is 136 Å². The molecule has 2 aromatic heterocycles. The van der Waals surface area contributed by atoms with Crippen LogP contribution in [0.25, 0.3) is 22.5 Å². The van der Waals surface area contributed by atoms with Gasteiger partial charge in [-0.05, 0) is 72.2 Å². The second kappa shape index (κ2) is 11.4. The van der Waals surface area contributed by atoms with E-state index >= 15 is 4.39 Å². The number of carboxylic acids is 1. The molecule has 8 heteroatoms. The van der Waals surface area contributed by atoms with Crippen LogP contribution in [-0.2, 0) is 32.4 Å². The zero-order valence-electron chi connectivity index (χ0n) is 24.7. The van der Waals surface area contributed by atoms with Gasteiger partial charge in [0.25, 0.3) is 5.91 Å². The van der Waals surface area contributed by atoms with Crippen molar-refractivity contribution in [1.29, 1.82) is 0 Å². The van der Waals surface area contributed by atoms with E-state index in [9.17, 15) is 14.7 Å². The molecule has 45 heavy (non-hydrogen) atoms. The molecule has 0 unspecified atom stereocenters. The van der Waals surface area contributed by atoms with Crippen LogP contribution in [0.5, 0.6) is 0 Å². The smallest absolute Gasteiger partial charge is 0.337 e. The summed E-state index contributed by atoms with van der Waals surface area (Å²) in [5.41, 5.74) is 13.4. The number of pyridine rings is 1. The van der Waals surface area contributed by atoms with E-state index in [0.717, 1.165) is 46.4 Å². The predicted molar refractivity (Wildman–Crippen MR) is 170 cm³/mol. The van der Waals surface area contributed by atoms with Crippen molar-refractivity contribution < 1.29 is 19.1 Å². The quantitative estimate of drug-likeness (QED) is 0.178. The molecule has 3 aromatic carbocycles. The summed E-state index contributed by atoms with van der Waals surface area (Å²) in [6.07, 6.45) is 5.21. The SMILES string of the molecule is NC1(Cc2[nH]c3c(c2C(=O)O)CCc2cnc(-c4cc(F)cc(C(=O)N(Cc5ccccc5)Cc5ccccc5)c4)cc2-3)CC1. The highest BCUT2D eigenvalue weighted by molar-refractivity contribution is 5.96. The van der Waals surface area contributed by atoms with Crippen LogP contribution in [0, 0.1) is 5.82 Å². The van der Waals surface area contributed by atoms with Gasteiger partial charge >= 0.3 is 5.97 Å². The Kier molecular flexibility index (Phi) is 7.30. The van der Waals surface area contributed by atoms with Gasteiger partial charge in [-0.3, -0.25) is 9.78 Å². The van der Waals surface area contributed by atoms with Crippen LogP contribution in [0.4, 0.5) is 4.39 Å². The molecular weight excluding hydrogens is 567 g/mol. The van der Waals surface area contributed by atoms with E-state index < -0.39 is 11.8 Å². The molecule has 1 amide bonds. The van der Waals surface area contributed by atoms with E-state index in [-0.39, 0.29) is 17.0 Å². The van der Waals surface area contributed by atoms with Crippen molar-refractivity contribution in [2.75, 3.05) is 0 Å². The molecule has 0 spiro atoms. The fraction of sp³-hybridized carbons (Fsp3) is 0.216. The summed E-state index contributed by atoms with van der Waals surface area (Å²) in [6.45, 7) is 0.733. The van der Waals surface area contributed by atoms with Crippen LogP contribution in [0.1, 0.15) is 61.5 Å². The number of nitrogens with two attached hydrogens (primary N) is 1. The number of carbonyl (C=O) groups excluding carboxylic acids is 1. The van der Waals surface area contributed by atoms with Crippen molar-refractivity contribution in [1.82, 2.24) is 14.9 Å². The van der Waals surface area contributed by atoms with Crippen LogP contribution in [0.3, 0.4) is 0 Å². The number of aromatic nitrogens is 2. The number of hydrogen-bond acceptors (Lipinski definition) is 4. The molecule has 5 aromatic rings.